The summed E-state index contributed by atoms with van der Waals surface area (Å²) in [5.41, 5.74) is 4.04. The molecule has 96 valence electrons. The van der Waals surface area contributed by atoms with Gasteiger partial charge < -0.3 is 5.73 Å². The van der Waals surface area contributed by atoms with E-state index < -0.39 is 21.8 Å². The van der Waals surface area contributed by atoms with Gasteiger partial charge in [-0.25, -0.2) is 17.2 Å². The van der Waals surface area contributed by atoms with Crippen LogP contribution >= 0.6 is 0 Å². The van der Waals surface area contributed by atoms with Crippen molar-refractivity contribution >= 4 is 9.84 Å². The van der Waals surface area contributed by atoms with Crippen LogP contribution in [0.5, 0.6) is 0 Å². The van der Waals surface area contributed by atoms with Crippen LogP contribution in [0.2, 0.25) is 0 Å². The third kappa shape index (κ3) is 3.47. The summed E-state index contributed by atoms with van der Waals surface area (Å²) in [5, 5.41) is 0. The Bertz CT molecular complexity index is 498. The van der Waals surface area contributed by atoms with E-state index in [-0.39, 0.29) is 11.3 Å². The maximum atomic E-state index is 12.7. The van der Waals surface area contributed by atoms with Gasteiger partial charge in [0, 0.05) is 6.26 Å². The molecule has 0 aliphatic carbocycles. The summed E-state index contributed by atoms with van der Waals surface area (Å²) >= 11 is 0. The highest BCUT2D eigenvalue weighted by atomic mass is 32.2. The van der Waals surface area contributed by atoms with Gasteiger partial charge in [-0.3, -0.25) is 0 Å². The molecule has 1 unspecified atom stereocenters. The van der Waals surface area contributed by atoms with E-state index in [0.29, 0.717) is 5.56 Å². The lowest BCUT2D eigenvalue weighted by Crippen LogP contribution is -2.46. The lowest BCUT2D eigenvalue weighted by atomic mass is 9.94. The molecule has 0 aromatic heterocycles. The molecule has 0 fully saturated rings. The molecule has 0 radical (unpaired) electrons. The van der Waals surface area contributed by atoms with Crippen LogP contribution < -0.4 is 5.73 Å². The predicted octanol–water partition coefficient (Wildman–Crippen LogP) is 1.62. The van der Waals surface area contributed by atoms with E-state index >= 15 is 0 Å². The van der Waals surface area contributed by atoms with Crippen LogP contribution in [0.25, 0.3) is 0 Å². The summed E-state index contributed by atoms with van der Waals surface area (Å²) in [6, 6.07) is 6.05. The fourth-order valence-corrected chi connectivity index (χ4v) is 2.44. The zero-order valence-electron chi connectivity index (χ0n) is 9.65. The Hall–Kier alpha value is -1.01. The summed E-state index contributed by atoms with van der Waals surface area (Å²) < 4.78 is 48.3. The van der Waals surface area contributed by atoms with Crippen LogP contribution in [-0.2, 0) is 16.3 Å². The zero-order chi connectivity index (χ0) is 13.3. The molecule has 0 spiro atoms. The van der Waals surface area contributed by atoms with Crippen LogP contribution in [0.15, 0.2) is 29.2 Å². The normalized spacial score (nSPS) is 15.9. The molecule has 2 N–H and O–H groups in total. The van der Waals surface area contributed by atoms with Gasteiger partial charge in [-0.15, -0.1) is 0 Å². The summed E-state index contributed by atoms with van der Waals surface area (Å²) in [6.45, 7) is 1.21. The Morgan fingerprint density at radius 1 is 1.35 bits per heavy atom. The highest BCUT2D eigenvalue weighted by Gasteiger charge is 2.31. The van der Waals surface area contributed by atoms with Crippen molar-refractivity contribution in [3.05, 3.63) is 29.8 Å². The van der Waals surface area contributed by atoms with Crippen molar-refractivity contribution in [2.24, 2.45) is 5.73 Å². The predicted molar refractivity (Wildman–Crippen MR) is 61.9 cm³/mol. The van der Waals surface area contributed by atoms with Crippen molar-refractivity contribution in [3.8, 4) is 0 Å². The molecule has 1 aromatic rings. The van der Waals surface area contributed by atoms with E-state index in [1.165, 1.54) is 19.1 Å². The number of benzene rings is 1. The summed E-state index contributed by atoms with van der Waals surface area (Å²) in [5.74, 6) is 0. The molecule has 0 saturated carbocycles. The molecule has 0 amide bonds. The molecule has 6 heteroatoms. The summed E-state index contributed by atoms with van der Waals surface area (Å²) in [7, 11) is -3.43. The van der Waals surface area contributed by atoms with Gasteiger partial charge in [-0.2, -0.15) is 0 Å². The van der Waals surface area contributed by atoms with Crippen molar-refractivity contribution < 1.29 is 17.2 Å². The third-order valence-corrected chi connectivity index (χ3v) is 3.64. The Morgan fingerprint density at radius 2 is 1.88 bits per heavy atom. The number of hydrogen-bond acceptors (Lipinski definition) is 3. The largest absolute Gasteiger partial charge is 0.320 e. The number of alkyl halides is 2. The van der Waals surface area contributed by atoms with Crippen LogP contribution in [0, 0.1) is 0 Å². The number of nitrogens with two attached hydrogens (primary N) is 1. The first-order chi connectivity index (χ1) is 7.64. The molecule has 0 heterocycles. The summed E-state index contributed by atoms with van der Waals surface area (Å²) in [4.78, 5) is 0.0531. The minimum absolute atomic E-state index is 0.0531. The van der Waals surface area contributed by atoms with E-state index in [0.717, 1.165) is 6.26 Å². The van der Waals surface area contributed by atoms with Crippen molar-refractivity contribution in [3.63, 3.8) is 0 Å². The molecule has 1 rings (SSSR count). The van der Waals surface area contributed by atoms with Gasteiger partial charge in [0.15, 0.2) is 9.84 Å². The molecule has 1 aromatic carbocycles. The van der Waals surface area contributed by atoms with Gasteiger partial charge in [-0.1, -0.05) is 18.2 Å². The van der Waals surface area contributed by atoms with E-state index in [1.807, 2.05) is 0 Å². The highest BCUT2D eigenvalue weighted by Crippen LogP contribution is 2.23. The number of halogens is 2. The molecule has 3 nitrogen and oxygen atoms in total. The minimum atomic E-state index is -3.43. The maximum Gasteiger partial charge on any atom is 0.256 e. The molecule has 0 saturated heterocycles. The van der Waals surface area contributed by atoms with Crippen molar-refractivity contribution in [1.82, 2.24) is 0 Å². The van der Waals surface area contributed by atoms with Crippen molar-refractivity contribution in [2.75, 3.05) is 6.26 Å². The van der Waals surface area contributed by atoms with Gasteiger partial charge in [0.1, 0.15) is 0 Å². The van der Waals surface area contributed by atoms with Crippen LogP contribution in [-0.4, -0.2) is 26.6 Å². The van der Waals surface area contributed by atoms with E-state index in [2.05, 4.69) is 0 Å². The Balaban J connectivity index is 3.17. The summed E-state index contributed by atoms with van der Waals surface area (Å²) in [6.07, 6.45) is -1.86. The Morgan fingerprint density at radius 3 is 2.35 bits per heavy atom. The first-order valence-corrected chi connectivity index (χ1v) is 6.89. The highest BCUT2D eigenvalue weighted by molar-refractivity contribution is 7.90. The van der Waals surface area contributed by atoms with Gasteiger partial charge in [-0.05, 0) is 25.0 Å². The van der Waals surface area contributed by atoms with Gasteiger partial charge in [0.25, 0.3) is 6.43 Å². The molecule has 0 aliphatic rings. The molecule has 1 atom stereocenters. The second-order valence-corrected chi connectivity index (χ2v) is 6.35. The van der Waals surface area contributed by atoms with Gasteiger partial charge in [0.05, 0.1) is 10.4 Å². The zero-order valence-corrected chi connectivity index (χ0v) is 10.5. The standard InChI is InChI=1S/C11H15F2NO2S/c1-11(14,10(12)13)7-8-5-3-4-6-9(8)17(2,15)16/h3-6,10H,7,14H2,1-2H3. The lowest BCUT2D eigenvalue weighted by molar-refractivity contribution is 0.0636. The van der Waals surface area contributed by atoms with Crippen molar-refractivity contribution in [2.45, 2.75) is 30.2 Å². The fraction of sp³-hybridized carbons (Fsp3) is 0.455. The van der Waals surface area contributed by atoms with E-state index in [4.69, 9.17) is 5.73 Å². The Labute approximate surface area is 99.6 Å². The molecule has 0 bridgehead atoms. The monoisotopic (exact) mass is 263 g/mol. The van der Waals surface area contributed by atoms with E-state index in [9.17, 15) is 17.2 Å². The Kier molecular flexibility index (Phi) is 3.88. The quantitative estimate of drug-likeness (QED) is 0.898. The number of hydrogen-bond donors (Lipinski definition) is 1. The average Bonchev–Trinajstić information content (AvgIpc) is 2.15. The van der Waals surface area contributed by atoms with Gasteiger partial charge in [0.2, 0.25) is 0 Å². The average molecular weight is 263 g/mol. The number of sulfone groups is 1. The first-order valence-electron chi connectivity index (χ1n) is 4.99. The van der Waals surface area contributed by atoms with Crippen LogP contribution in [0.3, 0.4) is 0 Å². The molecule has 17 heavy (non-hydrogen) atoms. The smallest absolute Gasteiger partial charge is 0.256 e. The fourth-order valence-electron chi connectivity index (χ4n) is 1.50. The van der Waals surface area contributed by atoms with Crippen LogP contribution in [0.4, 0.5) is 8.78 Å². The maximum absolute atomic E-state index is 12.7. The molecular formula is C11H15F2NO2S. The molecular weight excluding hydrogens is 248 g/mol. The second kappa shape index (κ2) is 4.70. The topological polar surface area (TPSA) is 60.2 Å². The first kappa shape index (κ1) is 14.1. The minimum Gasteiger partial charge on any atom is -0.320 e. The van der Waals surface area contributed by atoms with Gasteiger partial charge >= 0.3 is 0 Å². The van der Waals surface area contributed by atoms with Crippen molar-refractivity contribution in [1.29, 1.82) is 0 Å². The number of rotatable bonds is 4. The molecule has 0 aliphatic heterocycles. The second-order valence-electron chi connectivity index (χ2n) is 4.36. The van der Waals surface area contributed by atoms with E-state index in [1.54, 1.807) is 12.1 Å². The lowest BCUT2D eigenvalue weighted by Gasteiger charge is -2.24. The van der Waals surface area contributed by atoms with Crippen LogP contribution in [0.1, 0.15) is 12.5 Å². The third-order valence-electron chi connectivity index (χ3n) is 2.44. The SMILES string of the molecule is CC(N)(Cc1ccccc1S(C)(=O)=O)C(F)F.